The number of sulfonamides is 1. The van der Waals surface area contributed by atoms with Gasteiger partial charge in [0, 0.05) is 35.3 Å². The number of hydrogen-bond acceptors (Lipinski definition) is 7. The highest BCUT2D eigenvalue weighted by molar-refractivity contribution is 7.92. The minimum atomic E-state index is -3.76. The van der Waals surface area contributed by atoms with Gasteiger partial charge >= 0.3 is 0 Å². The number of rotatable bonds is 6. The zero-order chi connectivity index (χ0) is 22.9. The number of piperazine rings is 1. The number of benzene rings is 1. The number of nitrogens with zero attached hydrogens (tertiary/aromatic N) is 4. The number of aromatic nitrogens is 2. The molecule has 1 aliphatic rings. The van der Waals surface area contributed by atoms with E-state index < -0.39 is 16.1 Å². The van der Waals surface area contributed by atoms with Crippen LogP contribution >= 0.6 is 22.9 Å². The highest BCUT2D eigenvalue weighted by Crippen LogP contribution is 2.26. The standard InChI is InChI=1S/C21H22ClN5O3S2/c1-2-18-21(28)26(12-14-3-5-16-17(11-14)24-13-25-20(16)23)8-9-27(18)32(29,30)10-7-15-4-6-19(22)31-15/h3-7,10-11,13,18H,2,8-9,12H2,1H3,(H2,23,24,25)/b10-7+. The van der Waals surface area contributed by atoms with E-state index in [-0.39, 0.29) is 12.5 Å². The number of carbonyl (C=O) groups excluding carboxylic acids is 1. The number of halogens is 1. The van der Waals surface area contributed by atoms with Crippen molar-refractivity contribution in [1.82, 2.24) is 19.2 Å². The van der Waals surface area contributed by atoms with Crippen LogP contribution in [0.1, 0.15) is 23.8 Å². The number of fused-ring (bicyclic) bond motifs is 1. The molecular formula is C21H22ClN5O3S2. The van der Waals surface area contributed by atoms with Crippen LogP contribution < -0.4 is 5.73 Å². The molecule has 32 heavy (non-hydrogen) atoms. The van der Waals surface area contributed by atoms with Crippen molar-refractivity contribution in [2.75, 3.05) is 18.8 Å². The second-order valence-electron chi connectivity index (χ2n) is 7.39. The van der Waals surface area contributed by atoms with E-state index in [1.165, 1.54) is 28.0 Å². The summed E-state index contributed by atoms with van der Waals surface area (Å²) in [5.41, 5.74) is 7.47. The van der Waals surface area contributed by atoms with Crippen molar-refractivity contribution in [3.05, 3.63) is 56.8 Å². The van der Waals surface area contributed by atoms with E-state index in [0.717, 1.165) is 21.2 Å². The van der Waals surface area contributed by atoms with Gasteiger partial charge in [0.05, 0.1) is 9.85 Å². The van der Waals surface area contributed by atoms with Crippen molar-refractivity contribution in [1.29, 1.82) is 0 Å². The first-order valence-electron chi connectivity index (χ1n) is 10.0. The monoisotopic (exact) mass is 491 g/mol. The fourth-order valence-corrected chi connectivity index (χ4v) is 6.21. The third-order valence-electron chi connectivity index (χ3n) is 5.35. The van der Waals surface area contributed by atoms with Crippen LogP contribution in [-0.4, -0.2) is 52.6 Å². The molecule has 168 valence electrons. The summed E-state index contributed by atoms with van der Waals surface area (Å²) < 4.78 is 27.7. The van der Waals surface area contributed by atoms with Gasteiger partial charge in [-0.15, -0.1) is 11.3 Å². The largest absolute Gasteiger partial charge is 0.383 e. The van der Waals surface area contributed by atoms with Gasteiger partial charge in [0.15, 0.2) is 0 Å². The molecule has 1 unspecified atom stereocenters. The van der Waals surface area contributed by atoms with Crippen molar-refractivity contribution in [2.24, 2.45) is 0 Å². The molecule has 8 nitrogen and oxygen atoms in total. The van der Waals surface area contributed by atoms with E-state index in [1.807, 2.05) is 25.1 Å². The van der Waals surface area contributed by atoms with Crippen LogP contribution in [0.25, 0.3) is 17.0 Å². The molecule has 4 rings (SSSR count). The molecule has 1 saturated heterocycles. The molecule has 0 bridgehead atoms. The summed E-state index contributed by atoms with van der Waals surface area (Å²) >= 11 is 7.20. The first kappa shape index (κ1) is 22.7. The molecule has 2 aromatic heterocycles. The molecule has 0 spiro atoms. The Bertz CT molecular complexity index is 1290. The number of amides is 1. The summed E-state index contributed by atoms with van der Waals surface area (Å²) in [7, 11) is -3.76. The predicted molar refractivity (Wildman–Crippen MR) is 127 cm³/mol. The van der Waals surface area contributed by atoms with E-state index >= 15 is 0 Å². The van der Waals surface area contributed by atoms with Gasteiger partial charge in [-0.25, -0.2) is 18.4 Å². The SMILES string of the molecule is CCC1C(=O)N(Cc2ccc3c(N)ncnc3c2)CCN1S(=O)(=O)/C=C/c1ccc(Cl)s1. The fourth-order valence-electron chi connectivity index (χ4n) is 3.75. The summed E-state index contributed by atoms with van der Waals surface area (Å²) in [6.45, 7) is 2.71. The molecule has 1 aliphatic heterocycles. The van der Waals surface area contributed by atoms with E-state index in [0.29, 0.717) is 35.2 Å². The molecule has 2 N–H and O–H groups in total. The van der Waals surface area contributed by atoms with Gasteiger partial charge in [-0.2, -0.15) is 4.31 Å². The lowest BCUT2D eigenvalue weighted by atomic mass is 10.1. The van der Waals surface area contributed by atoms with Gasteiger partial charge in [0.2, 0.25) is 15.9 Å². The smallest absolute Gasteiger partial charge is 0.241 e. The Balaban J connectivity index is 1.51. The van der Waals surface area contributed by atoms with Crippen LogP contribution in [0.4, 0.5) is 5.82 Å². The van der Waals surface area contributed by atoms with E-state index in [2.05, 4.69) is 9.97 Å². The number of nitrogen functional groups attached to an aromatic ring is 1. The second kappa shape index (κ2) is 9.14. The van der Waals surface area contributed by atoms with E-state index in [1.54, 1.807) is 17.0 Å². The average Bonchev–Trinajstić information content (AvgIpc) is 3.19. The summed E-state index contributed by atoms with van der Waals surface area (Å²) in [5.74, 6) is 0.192. The first-order chi connectivity index (χ1) is 15.3. The summed E-state index contributed by atoms with van der Waals surface area (Å²) in [4.78, 5) is 23.8. The Hall–Kier alpha value is -2.53. The lowest BCUT2D eigenvalue weighted by molar-refractivity contribution is -0.139. The molecule has 0 saturated carbocycles. The zero-order valence-electron chi connectivity index (χ0n) is 17.3. The number of anilines is 1. The molecule has 0 radical (unpaired) electrons. The van der Waals surface area contributed by atoms with Crippen molar-refractivity contribution in [3.8, 4) is 0 Å². The molecule has 1 atom stereocenters. The third-order valence-corrected chi connectivity index (χ3v) is 8.12. The van der Waals surface area contributed by atoms with Crippen molar-refractivity contribution in [3.63, 3.8) is 0 Å². The van der Waals surface area contributed by atoms with Gasteiger partial charge < -0.3 is 10.6 Å². The van der Waals surface area contributed by atoms with Gasteiger partial charge in [-0.3, -0.25) is 4.79 Å². The summed E-state index contributed by atoms with van der Waals surface area (Å²) in [5, 5.41) is 1.90. The Morgan fingerprint density at radius 1 is 1.25 bits per heavy atom. The number of carbonyl (C=O) groups is 1. The minimum absolute atomic E-state index is 0.211. The quantitative estimate of drug-likeness (QED) is 0.566. The van der Waals surface area contributed by atoms with Crippen LogP contribution in [0.3, 0.4) is 0 Å². The zero-order valence-corrected chi connectivity index (χ0v) is 19.7. The van der Waals surface area contributed by atoms with Crippen molar-refractivity contribution < 1.29 is 13.2 Å². The van der Waals surface area contributed by atoms with Crippen LogP contribution in [0, 0.1) is 0 Å². The Kier molecular flexibility index (Phi) is 6.47. The highest BCUT2D eigenvalue weighted by atomic mass is 35.5. The second-order valence-corrected chi connectivity index (χ2v) is 10.9. The van der Waals surface area contributed by atoms with E-state index in [4.69, 9.17) is 17.3 Å². The first-order valence-corrected chi connectivity index (χ1v) is 12.7. The fraction of sp³-hybridized carbons (Fsp3) is 0.286. The van der Waals surface area contributed by atoms with Gasteiger partial charge in [-0.1, -0.05) is 24.6 Å². The molecule has 11 heteroatoms. The number of thiophene rings is 1. The molecule has 1 amide bonds. The Labute approximate surface area is 195 Å². The van der Waals surface area contributed by atoms with Crippen molar-refractivity contribution in [2.45, 2.75) is 25.9 Å². The lowest BCUT2D eigenvalue weighted by Gasteiger charge is -2.39. The molecule has 3 aromatic rings. The molecule has 1 fully saturated rings. The van der Waals surface area contributed by atoms with Crippen LogP contribution in [0.15, 0.2) is 42.1 Å². The third kappa shape index (κ3) is 4.63. The van der Waals surface area contributed by atoms with Crippen LogP contribution in [0.5, 0.6) is 0 Å². The van der Waals surface area contributed by atoms with Crippen molar-refractivity contribution >= 4 is 61.7 Å². The van der Waals surface area contributed by atoms with Gasteiger partial charge in [-0.05, 0) is 42.3 Å². The van der Waals surface area contributed by atoms with E-state index in [9.17, 15) is 13.2 Å². The highest BCUT2D eigenvalue weighted by Gasteiger charge is 2.39. The van der Waals surface area contributed by atoms with Gasteiger partial charge in [0.25, 0.3) is 0 Å². The average molecular weight is 492 g/mol. The maximum absolute atomic E-state index is 13.1. The number of hydrogen-bond donors (Lipinski definition) is 1. The van der Waals surface area contributed by atoms with Gasteiger partial charge in [0.1, 0.15) is 18.2 Å². The molecule has 1 aromatic carbocycles. The maximum atomic E-state index is 13.1. The van der Waals surface area contributed by atoms with Crippen LogP contribution in [-0.2, 0) is 21.4 Å². The summed E-state index contributed by atoms with van der Waals surface area (Å²) in [6.07, 6.45) is 3.30. The Morgan fingerprint density at radius 3 is 2.78 bits per heavy atom. The topological polar surface area (TPSA) is 109 Å². The minimum Gasteiger partial charge on any atom is -0.383 e. The molecule has 0 aliphatic carbocycles. The Morgan fingerprint density at radius 2 is 2.06 bits per heavy atom. The number of nitrogens with two attached hydrogens (primary N) is 1. The lowest BCUT2D eigenvalue weighted by Crippen LogP contribution is -2.57. The van der Waals surface area contributed by atoms with Crippen LogP contribution in [0.2, 0.25) is 4.34 Å². The molecule has 3 heterocycles. The summed E-state index contributed by atoms with van der Waals surface area (Å²) in [6, 6.07) is 8.31. The molecular weight excluding hydrogens is 470 g/mol. The predicted octanol–water partition coefficient (Wildman–Crippen LogP) is 3.35. The normalized spacial score (nSPS) is 18.1. The maximum Gasteiger partial charge on any atom is 0.241 e.